The summed E-state index contributed by atoms with van der Waals surface area (Å²) >= 11 is 0. The van der Waals surface area contributed by atoms with Gasteiger partial charge < -0.3 is 24.8 Å². The SMILES string of the molecule is COc1cc(C=CC=CC(=O)N2CCN(C(C)C(N)=O)CC2)cc(OC)c1OC. The summed E-state index contributed by atoms with van der Waals surface area (Å²) in [5.74, 6) is 1.25. The number of piperazine rings is 1. The highest BCUT2D eigenvalue weighted by Gasteiger charge is 2.25. The zero-order valence-electron chi connectivity index (χ0n) is 17.4. The first kappa shape index (κ1) is 22.3. The molecule has 1 aliphatic rings. The fourth-order valence-corrected chi connectivity index (χ4v) is 3.12. The van der Waals surface area contributed by atoms with Crippen molar-refractivity contribution >= 4 is 17.9 Å². The molecule has 1 saturated heterocycles. The van der Waals surface area contributed by atoms with Gasteiger partial charge in [-0.15, -0.1) is 0 Å². The summed E-state index contributed by atoms with van der Waals surface area (Å²) in [6.45, 7) is 4.18. The van der Waals surface area contributed by atoms with Crippen molar-refractivity contribution in [1.82, 2.24) is 9.80 Å². The van der Waals surface area contributed by atoms with Gasteiger partial charge in [0, 0.05) is 32.3 Å². The molecule has 1 atom stereocenters. The van der Waals surface area contributed by atoms with Crippen molar-refractivity contribution in [3.63, 3.8) is 0 Å². The number of primary amides is 1. The minimum absolute atomic E-state index is 0.0640. The van der Waals surface area contributed by atoms with Gasteiger partial charge in [0.1, 0.15) is 0 Å². The van der Waals surface area contributed by atoms with Gasteiger partial charge in [0.2, 0.25) is 17.6 Å². The smallest absolute Gasteiger partial charge is 0.246 e. The topological polar surface area (TPSA) is 94.3 Å². The van der Waals surface area contributed by atoms with E-state index in [1.807, 2.05) is 23.1 Å². The van der Waals surface area contributed by atoms with E-state index in [0.717, 1.165) is 5.56 Å². The molecular weight excluding hydrogens is 374 g/mol. The molecule has 1 fully saturated rings. The molecule has 29 heavy (non-hydrogen) atoms. The predicted octanol–water partition coefficient (Wildman–Crippen LogP) is 1.30. The Hall–Kier alpha value is -3.00. The molecular formula is C21H29N3O5. The number of allylic oxidation sites excluding steroid dienone is 2. The van der Waals surface area contributed by atoms with E-state index < -0.39 is 0 Å². The quantitative estimate of drug-likeness (QED) is 0.519. The highest BCUT2D eigenvalue weighted by molar-refractivity contribution is 5.88. The van der Waals surface area contributed by atoms with Crippen LogP contribution in [0.1, 0.15) is 12.5 Å². The Morgan fingerprint density at radius 3 is 2.07 bits per heavy atom. The number of carbonyl (C=O) groups is 2. The third kappa shape index (κ3) is 5.74. The normalized spacial score (nSPS) is 16.2. The zero-order chi connectivity index (χ0) is 21.4. The molecule has 0 spiro atoms. The molecule has 0 bridgehead atoms. The van der Waals surface area contributed by atoms with Crippen LogP contribution >= 0.6 is 0 Å². The number of rotatable bonds is 8. The monoisotopic (exact) mass is 403 g/mol. The van der Waals surface area contributed by atoms with Crippen LogP contribution < -0.4 is 19.9 Å². The van der Waals surface area contributed by atoms with E-state index >= 15 is 0 Å². The predicted molar refractivity (Wildman–Crippen MR) is 111 cm³/mol. The van der Waals surface area contributed by atoms with Gasteiger partial charge in [0.15, 0.2) is 11.5 Å². The molecule has 2 N–H and O–H groups in total. The Kier molecular flexibility index (Phi) is 8.09. The first-order valence-corrected chi connectivity index (χ1v) is 9.38. The van der Waals surface area contributed by atoms with Crippen molar-refractivity contribution in [3.05, 3.63) is 35.9 Å². The number of carbonyl (C=O) groups excluding carboxylic acids is 2. The van der Waals surface area contributed by atoms with Crippen molar-refractivity contribution < 1.29 is 23.8 Å². The maximum atomic E-state index is 12.3. The van der Waals surface area contributed by atoms with E-state index in [9.17, 15) is 9.59 Å². The molecule has 1 aromatic carbocycles. The number of nitrogens with zero attached hydrogens (tertiary/aromatic N) is 2. The van der Waals surface area contributed by atoms with Gasteiger partial charge in [0.25, 0.3) is 0 Å². The standard InChI is InChI=1S/C21H29N3O5/c1-15(21(22)26)23-9-11-24(12-10-23)19(25)8-6-5-7-16-13-17(27-2)20(29-4)18(14-16)28-3/h5-8,13-15H,9-12H2,1-4H3,(H2,22,26). The molecule has 1 aliphatic heterocycles. The van der Waals surface area contributed by atoms with Gasteiger partial charge in [-0.1, -0.05) is 18.2 Å². The van der Waals surface area contributed by atoms with Crippen molar-refractivity contribution in [2.45, 2.75) is 13.0 Å². The summed E-state index contributed by atoms with van der Waals surface area (Å²) in [6, 6.07) is 3.34. The number of hydrogen-bond acceptors (Lipinski definition) is 6. The number of benzene rings is 1. The van der Waals surface area contributed by atoms with Crippen LogP contribution in [0.5, 0.6) is 17.2 Å². The average molecular weight is 403 g/mol. The highest BCUT2D eigenvalue weighted by atomic mass is 16.5. The van der Waals surface area contributed by atoms with Crippen molar-refractivity contribution in [2.75, 3.05) is 47.5 Å². The Morgan fingerprint density at radius 2 is 1.59 bits per heavy atom. The highest BCUT2D eigenvalue weighted by Crippen LogP contribution is 2.38. The van der Waals surface area contributed by atoms with Gasteiger partial charge >= 0.3 is 0 Å². The summed E-state index contributed by atoms with van der Waals surface area (Å²) in [5.41, 5.74) is 6.19. The zero-order valence-corrected chi connectivity index (χ0v) is 17.4. The third-order valence-electron chi connectivity index (χ3n) is 4.91. The summed E-state index contributed by atoms with van der Waals surface area (Å²) in [5, 5.41) is 0. The Morgan fingerprint density at radius 1 is 1.00 bits per heavy atom. The molecule has 158 valence electrons. The van der Waals surface area contributed by atoms with Crippen molar-refractivity contribution in [2.24, 2.45) is 5.73 Å². The minimum atomic E-state index is -0.346. The second-order valence-corrected chi connectivity index (χ2v) is 6.62. The summed E-state index contributed by atoms with van der Waals surface area (Å²) in [4.78, 5) is 27.4. The fraction of sp³-hybridized carbons (Fsp3) is 0.429. The Bertz CT molecular complexity index is 758. The number of nitrogens with two attached hydrogens (primary N) is 1. The van der Waals surface area contributed by atoms with E-state index in [4.69, 9.17) is 19.9 Å². The number of amides is 2. The molecule has 0 radical (unpaired) electrons. The van der Waals surface area contributed by atoms with Crippen LogP contribution in [0.4, 0.5) is 0 Å². The molecule has 8 heteroatoms. The fourth-order valence-electron chi connectivity index (χ4n) is 3.12. The molecule has 1 aromatic rings. The Balaban J connectivity index is 1.95. The largest absolute Gasteiger partial charge is 0.493 e. The van der Waals surface area contributed by atoms with Crippen LogP contribution in [0.15, 0.2) is 30.4 Å². The maximum absolute atomic E-state index is 12.3. The van der Waals surface area contributed by atoms with Crippen LogP contribution in [-0.4, -0.2) is 75.2 Å². The lowest BCUT2D eigenvalue weighted by molar-refractivity contribution is -0.129. The number of hydrogen-bond donors (Lipinski definition) is 1. The number of methoxy groups -OCH3 is 3. The van der Waals surface area contributed by atoms with E-state index in [2.05, 4.69) is 0 Å². The molecule has 0 aromatic heterocycles. The van der Waals surface area contributed by atoms with Gasteiger partial charge in [0.05, 0.1) is 27.4 Å². The van der Waals surface area contributed by atoms with E-state index in [1.54, 1.807) is 45.3 Å². The van der Waals surface area contributed by atoms with E-state index in [1.165, 1.54) is 6.08 Å². The number of ether oxygens (including phenoxy) is 3. The summed E-state index contributed by atoms with van der Waals surface area (Å²) in [7, 11) is 4.68. The third-order valence-corrected chi connectivity index (χ3v) is 4.91. The van der Waals surface area contributed by atoms with Crippen molar-refractivity contribution in [3.8, 4) is 17.2 Å². The first-order valence-electron chi connectivity index (χ1n) is 9.38. The lowest BCUT2D eigenvalue weighted by Gasteiger charge is -2.36. The lowest BCUT2D eigenvalue weighted by atomic mass is 10.1. The van der Waals surface area contributed by atoms with Gasteiger partial charge in [-0.25, -0.2) is 0 Å². The first-order chi connectivity index (χ1) is 13.9. The maximum Gasteiger partial charge on any atom is 0.246 e. The second kappa shape index (κ2) is 10.5. The van der Waals surface area contributed by atoms with Crippen LogP contribution in [0.2, 0.25) is 0 Å². The molecule has 2 amide bonds. The van der Waals surface area contributed by atoms with Gasteiger partial charge in [-0.05, 0) is 24.6 Å². The van der Waals surface area contributed by atoms with Crippen LogP contribution in [0.25, 0.3) is 6.08 Å². The molecule has 2 rings (SSSR count). The molecule has 0 saturated carbocycles. The van der Waals surface area contributed by atoms with Gasteiger partial charge in [-0.3, -0.25) is 14.5 Å². The van der Waals surface area contributed by atoms with Gasteiger partial charge in [-0.2, -0.15) is 0 Å². The minimum Gasteiger partial charge on any atom is -0.493 e. The molecule has 1 heterocycles. The average Bonchev–Trinajstić information content (AvgIpc) is 2.75. The van der Waals surface area contributed by atoms with Crippen molar-refractivity contribution in [1.29, 1.82) is 0 Å². The van der Waals surface area contributed by atoms with E-state index in [0.29, 0.717) is 43.4 Å². The van der Waals surface area contributed by atoms with Crippen LogP contribution in [-0.2, 0) is 9.59 Å². The van der Waals surface area contributed by atoms with E-state index in [-0.39, 0.29) is 17.9 Å². The summed E-state index contributed by atoms with van der Waals surface area (Å²) < 4.78 is 16.0. The molecule has 1 unspecified atom stereocenters. The molecule has 0 aliphatic carbocycles. The second-order valence-electron chi connectivity index (χ2n) is 6.62. The summed E-state index contributed by atoms with van der Waals surface area (Å²) in [6.07, 6.45) is 6.86. The van der Waals surface area contributed by atoms with Crippen LogP contribution in [0, 0.1) is 0 Å². The lowest BCUT2D eigenvalue weighted by Crippen LogP contribution is -2.54. The molecule has 8 nitrogen and oxygen atoms in total. The Labute approximate surface area is 171 Å². The van der Waals surface area contributed by atoms with Crippen LogP contribution in [0.3, 0.4) is 0 Å².